The van der Waals surface area contributed by atoms with Crippen molar-refractivity contribution in [3.63, 3.8) is 0 Å². The topological polar surface area (TPSA) is 89.6 Å². The van der Waals surface area contributed by atoms with Gasteiger partial charge in [0.15, 0.2) is 5.16 Å². The summed E-state index contributed by atoms with van der Waals surface area (Å²) in [6, 6.07) is 1.25. The summed E-state index contributed by atoms with van der Waals surface area (Å²) in [5.41, 5.74) is 7.03. The highest BCUT2D eigenvalue weighted by atomic mass is 35.5. The van der Waals surface area contributed by atoms with E-state index in [4.69, 9.17) is 17.3 Å². The molecular formula is C11H14ClN5OS. The van der Waals surface area contributed by atoms with Crippen LogP contribution in [0.1, 0.15) is 18.3 Å². The van der Waals surface area contributed by atoms with Crippen LogP contribution in [0.2, 0.25) is 5.02 Å². The lowest BCUT2D eigenvalue weighted by Gasteiger charge is -2.03. The van der Waals surface area contributed by atoms with E-state index in [2.05, 4.69) is 15.1 Å². The smallest absolute Gasteiger partial charge is 0.253 e. The van der Waals surface area contributed by atoms with E-state index in [1.54, 1.807) is 4.68 Å². The highest BCUT2D eigenvalue weighted by molar-refractivity contribution is 7.98. The van der Waals surface area contributed by atoms with Crippen molar-refractivity contribution < 1.29 is 0 Å². The molecule has 0 saturated heterocycles. The van der Waals surface area contributed by atoms with Gasteiger partial charge in [0.1, 0.15) is 5.82 Å². The summed E-state index contributed by atoms with van der Waals surface area (Å²) >= 11 is 7.61. The number of hydrogen-bond acceptors (Lipinski definition) is 5. The van der Waals surface area contributed by atoms with Crippen LogP contribution in [-0.2, 0) is 19.2 Å². The number of hydrogen-bond donors (Lipinski definition) is 2. The van der Waals surface area contributed by atoms with Crippen molar-refractivity contribution in [2.45, 2.75) is 24.3 Å². The lowest BCUT2D eigenvalue weighted by atomic mass is 10.3. The Morgan fingerprint density at radius 3 is 2.89 bits per heavy atom. The van der Waals surface area contributed by atoms with Crippen LogP contribution in [0, 0.1) is 0 Å². The molecule has 0 bridgehead atoms. The van der Waals surface area contributed by atoms with Gasteiger partial charge < -0.3 is 10.7 Å². The third kappa shape index (κ3) is 3.10. The van der Waals surface area contributed by atoms with E-state index in [1.807, 2.05) is 14.0 Å². The molecule has 6 nitrogen and oxygen atoms in total. The first-order chi connectivity index (χ1) is 9.01. The fourth-order valence-electron chi connectivity index (χ4n) is 1.63. The minimum Gasteiger partial charge on any atom is -0.383 e. The molecule has 2 aromatic heterocycles. The normalized spacial score (nSPS) is 10.9. The second-order valence-electron chi connectivity index (χ2n) is 3.95. The number of nitrogens with one attached hydrogen (secondary N) is 1. The molecule has 0 spiro atoms. The predicted molar refractivity (Wildman–Crippen MR) is 76.4 cm³/mol. The zero-order valence-corrected chi connectivity index (χ0v) is 12.2. The Morgan fingerprint density at radius 1 is 1.58 bits per heavy atom. The van der Waals surface area contributed by atoms with Crippen molar-refractivity contribution >= 4 is 29.2 Å². The lowest BCUT2D eigenvalue weighted by Crippen LogP contribution is -2.09. The SMILES string of the molecule is CCc1nn(C)c(CSc2nc(N)cc(=O)[nH]2)c1Cl. The van der Waals surface area contributed by atoms with E-state index in [-0.39, 0.29) is 11.4 Å². The van der Waals surface area contributed by atoms with E-state index in [0.717, 1.165) is 17.8 Å². The molecule has 0 unspecified atom stereocenters. The van der Waals surface area contributed by atoms with Gasteiger partial charge in [0.05, 0.1) is 16.4 Å². The highest BCUT2D eigenvalue weighted by Gasteiger charge is 2.13. The molecule has 2 heterocycles. The summed E-state index contributed by atoms with van der Waals surface area (Å²) in [6.45, 7) is 2.00. The Morgan fingerprint density at radius 2 is 2.32 bits per heavy atom. The zero-order valence-electron chi connectivity index (χ0n) is 10.6. The van der Waals surface area contributed by atoms with E-state index in [0.29, 0.717) is 15.9 Å². The number of H-pyrrole nitrogens is 1. The van der Waals surface area contributed by atoms with Crippen molar-refractivity contribution in [1.82, 2.24) is 19.7 Å². The van der Waals surface area contributed by atoms with Gasteiger partial charge in [-0.1, -0.05) is 30.3 Å². The molecule has 19 heavy (non-hydrogen) atoms. The second-order valence-corrected chi connectivity index (χ2v) is 5.29. The molecule has 0 aliphatic rings. The Kier molecular flexibility index (Phi) is 4.16. The van der Waals surface area contributed by atoms with Gasteiger partial charge in [-0.25, -0.2) is 4.98 Å². The van der Waals surface area contributed by atoms with Crippen LogP contribution >= 0.6 is 23.4 Å². The third-order valence-electron chi connectivity index (χ3n) is 2.59. The van der Waals surface area contributed by atoms with Crippen molar-refractivity contribution in [2.24, 2.45) is 7.05 Å². The minimum absolute atomic E-state index is 0.205. The average molecular weight is 300 g/mol. The van der Waals surface area contributed by atoms with E-state index in [9.17, 15) is 4.79 Å². The van der Waals surface area contributed by atoms with Crippen LogP contribution in [-0.4, -0.2) is 19.7 Å². The van der Waals surface area contributed by atoms with Gasteiger partial charge in [-0.2, -0.15) is 5.10 Å². The number of anilines is 1. The molecule has 0 amide bonds. The fraction of sp³-hybridized carbons (Fsp3) is 0.364. The summed E-state index contributed by atoms with van der Waals surface area (Å²) < 4.78 is 1.75. The lowest BCUT2D eigenvalue weighted by molar-refractivity contribution is 0.719. The Bertz CT molecular complexity index is 651. The maximum Gasteiger partial charge on any atom is 0.253 e. The highest BCUT2D eigenvalue weighted by Crippen LogP contribution is 2.26. The Balaban J connectivity index is 2.19. The molecule has 102 valence electrons. The molecule has 0 aliphatic carbocycles. The molecule has 0 aliphatic heterocycles. The molecule has 0 radical (unpaired) electrons. The number of nitrogens with two attached hydrogens (primary N) is 1. The molecule has 8 heteroatoms. The maximum absolute atomic E-state index is 11.3. The largest absolute Gasteiger partial charge is 0.383 e. The van der Waals surface area contributed by atoms with Gasteiger partial charge in [0.2, 0.25) is 0 Å². The molecule has 2 aromatic rings. The minimum atomic E-state index is -0.264. The summed E-state index contributed by atoms with van der Waals surface area (Å²) in [7, 11) is 1.84. The molecule has 0 fully saturated rings. The number of nitrogen functional groups attached to an aromatic ring is 1. The zero-order chi connectivity index (χ0) is 14.0. The number of aromatic amines is 1. The maximum atomic E-state index is 11.3. The molecule has 3 N–H and O–H groups in total. The van der Waals surface area contributed by atoms with Gasteiger partial charge in [-0.15, -0.1) is 0 Å². The number of aryl methyl sites for hydroxylation is 2. The molecule has 2 rings (SSSR count). The van der Waals surface area contributed by atoms with E-state index >= 15 is 0 Å². The summed E-state index contributed by atoms with van der Waals surface area (Å²) in [5.74, 6) is 0.769. The quantitative estimate of drug-likeness (QED) is 0.661. The fourth-order valence-corrected chi connectivity index (χ4v) is 3.02. The molecule has 0 saturated carbocycles. The predicted octanol–water partition coefficient (Wildman–Crippen LogP) is 1.59. The average Bonchev–Trinajstić information content (AvgIpc) is 2.61. The van der Waals surface area contributed by atoms with Gasteiger partial charge in [0, 0.05) is 18.9 Å². The van der Waals surface area contributed by atoms with Crippen LogP contribution in [0.15, 0.2) is 16.0 Å². The number of thioether (sulfide) groups is 1. The third-order valence-corrected chi connectivity index (χ3v) is 3.91. The second kappa shape index (κ2) is 5.66. The Hall–Kier alpha value is -1.47. The molecular weight excluding hydrogens is 286 g/mol. The van der Waals surface area contributed by atoms with Gasteiger partial charge >= 0.3 is 0 Å². The van der Waals surface area contributed by atoms with Crippen LogP contribution < -0.4 is 11.3 Å². The first-order valence-corrected chi connectivity index (χ1v) is 7.07. The number of nitrogens with zero attached hydrogens (tertiary/aromatic N) is 3. The molecule has 0 atom stereocenters. The van der Waals surface area contributed by atoms with Crippen molar-refractivity contribution in [3.8, 4) is 0 Å². The summed E-state index contributed by atoms with van der Waals surface area (Å²) in [6.07, 6.45) is 0.782. The van der Waals surface area contributed by atoms with Crippen LogP contribution in [0.5, 0.6) is 0 Å². The monoisotopic (exact) mass is 299 g/mol. The van der Waals surface area contributed by atoms with E-state index < -0.39 is 0 Å². The van der Waals surface area contributed by atoms with Crippen molar-refractivity contribution in [1.29, 1.82) is 0 Å². The van der Waals surface area contributed by atoms with Gasteiger partial charge in [-0.3, -0.25) is 9.48 Å². The van der Waals surface area contributed by atoms with Crippen molar-refractivity contribution in [2.75, 3.05) is 5.73 Å². The Labute approximate surface area is 119 Å². The first kappa shape index (κ1) is 14.0. The number of halogens is 1. The van der Waals surface area contributed by atoms with Crippen molar-refractivity contribution in [3.05, 3.63) is 32.8 Å². The summed E-state index contributed by atoms with van der Waals surface area (Å²) in [5, 5.41) is 5.47. The number of rotatable bonds is 4. The first-order valence-electron chi connectivity index (χ1n) is 5.71. The standard InChI is InChI=1S/C11H14ClN5OS/c1-3-6-10(12)7(17(2)16-6)5-19-11-14-8(13)4-9(18)15-11/h4H,3,5H2,1-2H3,(H3,13,14,15,18). The van der Waals surface area contributed by atoms with Crippen LogP contribution in [0.4, 0.5) is 5.82 Å². The molecule has 0 aromatic carbocycles. The van der Waals surface area contributed by atoms with Gasteiger partial charge in [0.25, 0.3) is 5.56 Å². The summed E-state index contributed by atoms with van der Waals surface area (Å²) in [4.78, 5) is 17.9. The van der Waals surface area contributed by atoms with Gasteiger partial charge in [-0.05, 0) is 6.42 Å². The van der Waals surface area contributed by atoms with E-state index in [1.165, 1.54) is 17.8 Å². The number of aromatic nitrogens is 4. The van der Waals surface area contributed by atoms with Crippen LogP contribution in [0.25, 0.3) is 0 Å². The van der Waals surface area contributed by atoms with Crippen LogP contribution in [0.3, 0.4) is 0 Å².